The molecule has 0 saturated carbocycles. The standard InChI is InChI=1S/C22H19NO6S/c1-14-21(15-5-3-2-4-6-15)22(25)18-8-7-17(11-19(18)29-14)28-12-20(24)23-16-9-10-30(26,27)13-16/h2-11,16H,12-13H2,1H3,(H,23,24)/t16-/m1/s1. The first-order chi connectivity index (χ1) is 14.3. The molecule has 1 aromatic heterocycles. The van der Waals surface area contributed by atoms with Gasteiger partial charge in [0.1, 0.15) is 17.1 Å². The number of benzene rings is 2. The number of hydrogen-bond acceptors (Lipinski definition) is 6. The van der Waals surface area contributed by atoms with E-state index >= 15 is 0 Å². The van der Waals surface area contributed by atoms with E-state index in [-0.39, 0.29) is 17.8 Å². The van der Waals surface area contributed by atoms with Crippen molar-refractivity contribution in [1.29, 1.82) is 0 Å². The molecule has 7 nitrogen and oxygen atoms in total. The van der Waals surface area contributed by atoms with Crippen LogP contribution < -0.4 is 15.5 Å². The quantitative estimate of drug-likeness (QED) is 0.674. The highest BCUT2D eigenvalue weighted by Gasteiger charge is 2.23. The topological polar surface area (TPSA) is 103 Å². The van der Waals surface area contributed by atoms with Crippen LogP contribution in [-0.4, -0.2) is 32.7 Å². The summed E-state index contributed by atoms with van der Waals surface area (Å²) in [4.78, 5) is 25.0. The van der Waals surface area contributed by atoms with Gasteiger partial charge in [-0.05, 0) is 30.7 Å². The molecule has 2 aromatic carbocycles. The van der Waals surface area contributed by atoms with Crippen molar-refractivity contribution in [3.05, 3.63) is 76.0 Å². The summed E-state index contributed by atoms with van der Waals surface area (Å²) in [5, 5.41) is 4.09. The van der Waals surface area contributed by atoms with E-state index in [1.54, 1.807) is 25.1 Å². The third-order valence-corrected chi connectivity index (χ3v) is 6.14. The number of rotatable bonds is 5. The van der Waals surface area contributed by atoms with Crippen molar-refractivity contribution < 1.29 is 22.4 Å². The molecule has 8 heteroatoms. The van der Waals surface area contributed by atoms with Gasteiger partial charge in [0.2, 0.25) is 5.43 Å². The Labute approximate surface area is 172 Å². The van der Waals surface area contributed by atoms with Gasteiger partial charge >= 0.3 is 0 Å². The molecule has 1 amide bonds. The predicted octanol–water partition coefficient (Wildman–Crippen LogP) is 2.57. The fourth-order valence-corrected chi connectivity index (χ4v) is 4.61. The summed E-state index contributed by atoms with van der Waals surface area (Å²) in [5.41, 5.74) is 1.51. The van der Waals surface area contributed by atoms with Crippen molar-refractivity contribution in [2.45, 2.75) is 13.0 Å². The lowest BCUT2D eigenvalue weighted by Gasteiger charge is -2.12. The van der Waals surface area contributed by atoms with Crippen LogP contribution in [0.25, 0.3) is 22.1 Å². The van der Waals surface area contributed by atoms with Crippen LogP contribution in [0.5, 0.6) is 5.75 Å². The van der Waals surface area contributed by atoms with E-state index in [4.69, 9.17) is 9.15 Å². The minimum atomic E-state index is -3.24. The first-order valence-corrected chi connectivity index (χ1v) is 11.0. The van der Waals surface area contributed by atoms with Crippen LogP contribution in [0, 0.1) is 6.92 Å². The molecule has 154 valence electrons. The molecule has 0 bridgehead atoms. The maximum atomic E-state index is 13.0. The molecule has 0 unspecified atom stereocenters. The first-order valence-electron chi connectivity index (χ1n) is 9.28. The molecule has 0 radical (unpaired) electrons. The molecular formula is C22H19NO6S. The third kappa shape index (κ3) is 4.13. The molecule has 1 N–H and O–H groups in total. The minimum Gasteiger partial charge on any atom is -0.484 e. The SMILES string of the molecule is Cc1oc2cc(OCC(=O)N[C@@H]3C=CS(=O)(=O)C3)ccc2c(=O)c1-c1ccccc1. The molecule has 0 saturated heterocycles. The second kappa shape index (κ2) is 7.79. The van der Waals surface area contributed by atoms with E-state index < -0.39 is 21.8 Å². The van der Waals surface area contributed by atoms with Crippen molar-refractivity contribution in [2.75, 3.05) is 12.4 Å². The number of carbonyl (C=O) groups excluding carboxylic acids is 1. The van der Waals surface area contributed by atoms with Gasteiger partial charge in [-0.25, -0.2) is 8.42 Å². The maximum Gasteiger partial charge on any atom is 0.258 e. The zero-order valence-electron chi connectivity index (χ0n) is 16.1. The summed E-state index contributed by atoms with van der Waals surface area (Å²) in [6.07, 6.45) is 1.44. The summed E-state index contributed by atoms with van der Waals surface area (Å²) in [7, 11) is -3.24. The number of ether oxygens (including phenoxy) is 1. The lowest BCUT2D eigenvalue weighted by Crippen LogP contribution is -2.38. The number of nitrogens with one attached hydrogen (secondary N) is 1. The highest BCUT2D eigenvalue weighted by Crippen LogP contribution is 2.26. The van der Waals surface area contributed by atoms with E-state index in [1.165, 1.54) is 6.08 Å². The number of aryl methyl sites for hydroxylation is 1. The van der Waals surface area contributed by atoms with Crippen LogP contribution in [0.15, 0.2) is 69.2 Å². The number of fused-ring (bicyclic) bond motifs is 1. The Hall–Kier alpha value is -3.39. The Morgan fingerprint density at radius 3 is 2.67 bits per heavy atom. The lowest BCUT2D eigenvalue weighted by atomic mass is 10.0. The van der Waals surface area contributed by atoms with E-state index in [1.807, 2.05) is 30.3 Å². The third-order valence-electron chi connectivity index (χ3n) is 4.75. The smallest absolute Gasteiger partial charge is 0.258 e. The number of amides is 1. The summed E-state index contributed by atoms with van der Waals surface area (Å²) in [6.45, 7) is 1.44. The van der Waals surface area contributed by atoms with Crippen LogP contribution >= 0.6 is 0 Å². The molecule has 2 heterocycles. The molecule has 4 rings (SSSR count). The summed E-state index contributed by atoms with van der Waals surface area (Å²) < 4.78 is 34.1. The van der Waals surface area contributed by atoms with E-state index in [2.05, 4.69) is 5.32 Å². The molecule has 3 aromatic rings. The van der Waals surface area contributed by atoms with Crippen LogP contribution in [0.2, 0.25) is 0 Å². The Bertz CT molecular complexity index is 1310. The van der Waals surface area contributed by atoms with Crippen molar-refractivity contribution >= 4 is 26.7 Å². The van der Waals surface area contributed by atoms with Crippen LogP contribution in [-0.2, 0) is 14.6 Å². The Kier molecular flexibility index (Phi) is 5.17. The van der Waals surface area contributed by atoms with Crippen LogP contribution in [0.1, 0.15) is 5.76 Å². The molecule has 30 heavy (non-hydrogen) atoms. The van der Waals surface area contributed by atoms with Crippen molar-refractivity contribution in [3.8, 4) is 16.9 Å². The fraction of sp³-hybridized carbons (Fsp3) is 0.182. The average molecular weight is 425 g/mol. The Balaban J connectivity index is 1.51. The molecular weight excluding hydrogens is 406 g/mol. The van der Waals surface area contributed by atoms with Gasteiger partial charge in [-0.15, -0.1) is 0 Å². The zero-order valence-corrected chi connectivity index (χ0v) is 16.9. The van der Waals surface area contributed by atoms with Gasteiger partial charge in [0.05, 0.1) is 22.7 Å². The highest BCUT2D eigenvalue weighted by atomic mass is 32.2. The van der Waals surface area contributed by atoms with Gasteiger partial charge in [0.25, 0.3) is 5.91 Å². The molecule has 1 atom stereocenters. The van der Waals surface area contributed by atoms with Gasteiger partial charge < -0.3 is 14.5 Å². The van der Waals surface area contributed by atoms with E-state index in [9.17, 15) is 18.0 Å². The summed E-state index contributed by atoms with van der Waals surface area (Å²) in [6, 6.07) is 13.5. The van der Waals surface area contributed by atoms with E-state index in [0.717, 1.165) is 11.0 Å². The van der Waals surface area contributed by atoms with Crippen molar-refractivity contribution in [3.63, 3.8) is 0 Å². The van der Waals surface area contributed by atoms with Crippen molar-refractivity contribution in [2.24, 2.45) is 0 Å². The van der Waals surface area contributed by atoms with E-state index in [0.29, 0.717) is 28.0 Å². The second-order valence-electron chi connectivity index (χ2n) is 7.01. The summed E-state index contributed by atoms with van der Waals surface area (Å²) in [5.74, 6) is 0.257. The second-order valence-corrected chi connectivity index (χ2v) is 8.94. The van der Waals surface area contributed by atoms with Gasteiger partial charge in [-0.1, -0.05) is 30.3 Å². The lowest BCUT2D eigenvalue weighted by molar-refractivity contribution is -0.123. The van der Waals surface area contributed by atoms with Gasteiger partial charge in [0, 0.05) is 11.5 Å². The monoisotopic (exact) mass is 425 g/mol. The minimum absolute atomic E-state index is 0.140. The number of hydrogen-bond donors (Lipinski definition) is 1. The number of sulfone groups is 1. The van der Waals surface area contributed by atoms with Gasteiger partial charge in [-0.2, -0.15) is 0 Å². The molecule has 0 fully saturated rings. The van der Waals surface area contributed by atoms with Crippen LogP contribution in [0.4, 0.5) is 0 Å². The zero-order chi connectivity index (χ0) is 21.3. The maximum absolute atomic E-state index is 13.0. The summed E-state index contributed by atoms with van der Waals surface area (Å²) >= 11 is 0. The van der Waals surface area contributed by atoms with Crippen molar-refractivity contribution in [1.82, 2.24) is 5.32 Å². The number of carbonyl (C=O) groups is 1. The normalized spacial score (nSPS) is 17.2. The Morgan fingerprint density at radius 1 is 1.20 bits per heavy atom. The highest BCUT2D eigenvalue weighted by molar-refractivity contribution is 7.94. The van der Waals surface area contributed by atoms with Crippen LogP contribution in [0.3, 0.4) is 0 Å². The fourth-order valence-electron chi connectivity index (χ4n) is 3.38. The van der Waals surface area contributed by atoms with Gasteiger partial charge in [-0.3, -0.25) is 9.59 Å². The largest absolute Gasteiger partial charge is 0.484 e. The average Bonchev–Trinajstić information content (AvgIpc) is 3.05. The molecule has 0 spiro atoms. The van der Waals surface area contributed by atoms with Gasteiger partial charge in [0.15, 0.2) is 16.4 Å². The first kappa shape index (κ1) is 19.9. The molecule has 1 aliphatic heterocycles. The predicted molar refractivity (Wildman–Crippen MR) is 113 cm³/mol. The molecule has 1 aliphatic rings. The molecule has 0 aliphatic carbocycles. The Morgan fingerprint density at radius 2 is 1.97 bits per heavy atom.